The van der Waals surface area contributed by atoms with E-state index >= 15 is 0 Å². The maximum Gasteiger partial charge on any atom is 0.319 e. The number of hydroxylamine groups is 1. The van der Waals surface area contributed by atoms with Crippen molar-refractivity contribution in [2.75, 3.05) is 11.9 Å². The van der Waals surface area contributed by atoms with E-state index in [1.54, 1.807) is 0 Å². The van der Waals surface area contributed by atoms with Crippen LogP contribution >= 0.6 is 0 Å². The quantitative estimate of drug-likeness (QED) is 0.818. The summed E-state index contributed by atoms with van der Waals surface area (Å²) >= 11 is 0. The monoisotopic (exact) mass is 397 g/mol. The second kappa shape index (κ2) is 6.99. The van der Waals surface area contributed by atoms with E-state index in [0.717, 1.165) is 42.5 Å². The molecular formula is C22H31N5O2. The summed E-state index contributed by atoms with van der Waals surface area (Å²) in [6.45, 7) is 2.08. The summed E-state index contributed by atoms with van der Waals surface area (Å²) in [5, 5.41) is 0. The fourth-order valence-electron chi connectivity index (χ4n) is 5.90. The molecule has 5 rings (SSSR count). The summed E-state index contributed by atoms with van der Waals surface area (Å²) in [7, 11) is 2.23. The van der Waals surface area contributed by atoms with Crippen LogP contribution in [0.25, 0.3) is 0 Å². The number of amides is 2. The average Bonchev–Trinajstić information content (AvgIpc) is 3.41. The third-order valence-corrected chi connectivity index (χ3v) is 7.50. The van der Waals surface area contributed by atoms with Crippen LogP contribution in [0.2, 0.25) is 0 Å². The number of urea groups is 1. The molecule has 7 heteroatoms. The van der Waals surface area contributed by atoms with Gasteiger partial charge in [0.2, 0.25) is 0 Å². The molecule has 2 amide bonds. The van der Waals surface area contributed by atoms with Crippen LogP contribution in [0.15, 0.2) is 23.2 Å². The van der Waals surface area contributed by atoms with E-state index in [1.165, 1.54) is 25.7 Å². The van der Waals surface area contributed by atoms with Crippen LogP contribution in [0, 0.1) is 12.8 Å². The predicted molar refractivity (Wildman–Crippen MR) is 113 cm³/mol. The number of carbonyl (C=O) groups is 1. The van der Waals surface area contributed by atoms with Gasteiger partial charge >= 0.3 is 6.03 Å². The number of nitrogens with one attached hydrogen (secondary N) is 1. The molecule has 3 heterocycles. The number of rotatable bonds is 4. The largest absolute Gasteiger partial charge is 0.394 e. The summed E-state index contributed by atoms with van der Waals surface area (Å²) in [6, 6.07) is 6.90. The van der Waals surface area contributed by atoms with Gasteiger partial charge in [-0.1, -0.05) is 18.6 Å². The van der Waals surface area contributed by atoms with Crippen molar-refractivity contribution in [2.24, 2.45) is 16.6 Å². The van der Waals surface area contributed by atoms with E-state index in [4.69, 9.17) is 15.6 Å². The molecule has 3 N–H and O–H groups in total. The molecule has 3 aliphatic heterocycles. The van der Waals surface area contributed by atoms with E-state index in [0.29, 0.717) is 18.0 Å². The molecule has 29 heavy (non-hydrogen) atoms. The second-order valence-electron chi connectivity index (χ2n) is 9.20. The van der Waals surface area contributed by atoms with Crippen LogP contribution in [-0.4, -0.2) is 42.5 Å². The fraction of sp³-hybridized carbons (Fsp3) is 0.636. The average molecular weight is 398 g/mol. The Morgan fingerprint density at radius 3 is 2.59 bits per heavy atom. The maximum absolute atomic E-state index is 12.8. The highest BCUT2D eigenvalue weighted by Gasteiger charge is 2.52. The van der Waals surface area contributed by atoms with Crippen molar-refractivity contribution in [3.05, 3.63) is 29.3 Å². The Balaban J connectivity index is 1.58. The Morgan fingerprint density at radius 1 is 1.28 bits per heavy atom. The molecule has 2 saturated heterocycles. The molecule has 2 unspecified atom stereocenters. The molecule has 7 nitrogen and oxygen atoms in total. The normalized spacial score (nSPS) is 34.1. The lowest BCUT2D eigenvalue weighted by molar-refractivity contribution is 0.0562. The molecule has 0 aromatic heterocycles. The third-order valence-electron chi connectivity index (χ3n) is 7.50. The summed E-state index contributed by atoms with van der Waals surface area (Å²) in [4.78, 5) is 27.3. The van der Waals surface area contributed by atoms with E-state index in [-0.39, 0.29) is 12.1 Å². The summed E-state index contributed by atoms with van der Waals surface area (Å²) in [5.41, 5.74) is 11.6. The molecule has 1 aromatic rings. The number of nitrogens with zero attached hydrogens (tertiary/aromatic N) is 3. The molecule has 0 radical (unpaired) electrons. The minimum Gasteiger partial charge on any atom is -0.394 e. The van der Waals surface area contributed by atoms with Crippen molar-refractivity contribution in [3.8, 4) is 0 Å². The number of piperidine rings is 2. The van der Waals surface area contributed by atoms with Gasteiger partial charge in [-0.15, -0.1) is 5.48 Å². The van der Waals surface area contributed by atoms with E-state index in [9.17, 15) is 4.79 Å². The highest BCUT2D eigenvalue weighted by Crippen LogP contribution is 2.51. The maximum atomic E-state index is 12.8. The van der Waals surface area contributed by atoms with Crippen LogP contribution in [0.1, 0.15) is 56.1 Å². The van der Waals surface area contributed by atoms with Crippen molar-refractivity contribution >= 4 is 18.1 Å². The van der Waals surface area contributed by atoms with Crippen molar-refractivity contribution in [1.82, 2.24) is 10.4 Å². The summed E-state index contributed by atoms with van der Waals surface area (Å²) in [6.07, 6.45) is 9.28. The molecule has 2 bridgehead atoms. The number of nitrogens with two attached hydrogens (primary N) is 1. The molecule has 0 spiro atoms. The Hall–Kier alpha value is -2.12. The lowest BCUT2D eigenvalue weighted by Gasteiger charge is -2.49. The number of anilines is 1. The molecule has 156 valence electrons. The van der Waals surface area contributed by atoms with Gasteiger partial charge in [0.05, 0.1) is 5.69 Å². The number of benzene rings is 1. The lowest BCUT2D eigenvalue weighted by atomic mass is 9.81. The standard InChI is InChI=1S/C22H31N5O2/c1-14-5-3-8-19(20(14)22(15-9-10-15)24-13-29-25-22)27(21(23)28)18-11-16-6-4-7-17(12-18)26(16)2/h3,5,8,13,15-18,25H,4,6-7,9-12H2,1-2H3,(H2,23,28)/t16-,17+,18?,22?. The zero-order chi connectivity index (χ0) is 20.2. The smallest absolute Gasteiger partial charge is 0.319 e. The molecule has 1 aliphatic carbocycles. The molecule has 4 atom stereocenters. The molecule has 4 aliphatic rings. The van der Waals surface area contributed by atoms with Crippen molar-refractivity contribution in [1.29, 1.82) is 0 Å². The minimum atomic E-state index is -0.629. The first kappa shape index (κ1) is 18.9. The van der Waals surface area contributed by atoms with Crippen LogP contribution in [0.4, 0.5) is 10.5 Å². The van der Waals surface area contributed by atoms with Crippen molar-refractivity contribution < 1.29 is 9.63 Å². The number of aliphatic imine (C=N–C) groups is 1. The number of fused-ring (bicyclic) bond motifs is 2. The van der Waals surface area contributed by atoms with E-state index in [1.807, 2.05) is 17.0 Å². The van der Waals surface area contributed by atoms with Gasteiger partial charge < -0.3 is 15.5 Å². The van der Waals surface area contributed by atoms with E-state index in [2.05, 4.69) is 30.4 Å². The van der Waals surface area contributed by atoms with Gasteiger partial charge in [-0.2, -0.15) is 0 Å². The Kier molecular flexibility index (Phi) is 4.55. The van der Waals surface area contributed by atoms with Gasteiger partial charge in [0, 0.05) is 29.6 Å². The number of aryl methyl sites for hydroxylation is 1. The highest BCUT2D eigenvalue weighted by molar-refractivity contribution is 5.93. The zero-order valence-corrected chi connectivity index (χ0v) is 17.3. The predicted octanol–water partition coefficient (Wildman–Crippen LogP) is 3.02. The van der Waals surface area contributed by atoms with Gasteiger partial charge in [0.25, 0.3) is 0 Å². The summed E-state index contributed by atoms with van der Waals surface area (Å²) in [5.74, 6) is 0.368. The lowest BCUT2D eigenvalue weighted by Crippen LogP contribution is -2.58. The Bertz CT molecular complexity index is 824. The van der Waals surface area contributed by atoms with Crippen LogP contribution < -0.4 is 16.1 Å². The first-order valence-electron chi connectivity index (χ1n) is 10.9. The van der Waals surface area contributed by atoms with Crippen molar-refractivity contribution in [3.63, 3.8) is 0 Å². The fourth-order valence-corrected chi connectivity index (χ4v) is 5.90. The van der Waals surface area contributed by atoms with Gasteiger partial charge in [-0.25, -0.2) is 9.79 Å². The first-order chi connectivity index (χ1) is 14.0. The van der Waals surface area contributed by atoms with Gasteiger partial charge in [0.1, 0.15) is 0 Å². The number of primary amides is 1. The van der Waals surface area contributed by atoms with E-state index < -0.39 is 5.66 Å². The zero-order valence-electron chi connectivity index (χ0n) is 17.3. The summed E-state index contributed by atoms with van der Waals surface area (Å²) < 4.78 is 0. The molecule has 1 saturated carbocycles. The van der Waals surface area contributed by atoms with Crippen LogP contribution in [0.5, 0.6) is 0 Å². The molecular weight excluding hydrogens is 366 g/mol. The van der Waals surface area contributed by atoms with Crippen LogP contribution in [-0.2, 0) is 10.5 Å². The number of carbonyl (C=O) groups excluding carboxylic acids is 1. The van der Waals surface area contributed by atoms with Gasteiger partial charge in [0.15, 0.2) is 12.1 Å². The molecule has 3 fully saturated rings. The minimum absolute atomic E-state index is 0.113. The second-order valence-corrected chi connectivity index (χ2v) is 9.20. The first-order valence-corrected chi connectivity index (χ1v) is 10.9. The molecule has 1 aromatic carbocycles. The third kappa shape index (κ3) is 3.02. The number of hydrogen-bond acceptors (Lipinski definition) is 5. The SMILES string of the molecule is Cc1cccc(N(C(N)=O)C2C[C@H]3CCC[C@@H](C2)N3C)c1C1(C2CC2)N=CON1. The Labute approximate surface area is 172 Å². The van der Waals surface area contributed by atoms with Crippen LogP contribution in [0.3, 0.4) is 0 Å². The number of hydrogen-bond donors (Lipinski definition) is 2. The Morgan fingerprint density at radius 2 is 2.00 bits per heavy atom. The van der Waals surface area contributed by atoms with Gasteiger partial charge in [-0.05, 0) is 64.1 Å². The van der Waals surface area contributed by atoms with Gasteiger partial charge in [-0.3, -0.25) is 4.90 Å². The van der Waals surface area contributed by atoms with Crippen molar-refractivity contribution in [2.45, 2.75) is 75.7 Å². The topological polar surface area (TPSA) is 83.2 Å². The highest BCUT2D eigenvalue weighted by atomic mass is 16.7.